The third kappa shape index (κ3) is 1.89. The number of pyridine rings is 1. The zero-order chi connectivity index (χ0) is 11.7. The van der Waals surface area contributed by atoms with Crippen LogP contribution in [0.15, 0.2) is 36.5 Å². The topological polar surface area (TPSA) is 60.2 Å². The zero-order valence-electron chi connectivity index (χ0n) is 9.31. The second kappa shape index (κ2) is 3.97. The molecule has 0 aliphatic carbocycles. The van der Waals surface area contributed by atoms with Crippen LogP contribution in [0.4, 0.5) is 11.4 Å². The molecule has 0 unspecified atom stereocenters. The van der Waals surface area contributed by atoms with Crippen molar-refractivity contribution in [2.45, 2.75) is 0 Å². The lowest BCUT2D eigenvalue weighted by molar-refractivity contribution is 0.310. The molecule has 1 aromatic carbocycles. The van der Waals surface area contributed by atoms with E-state index in [9.17, 15) is 0 Å². The first-order chi connectivity index (χ1) is 8.33. The Morgan fingerprint density at radius 3 is 2.82 bits per heavy atom. The molecule has 0 fully saturated rings. The average Bonchev–Trinajstić information content (AvgIpc) is 2.39. The molecule has 4 nitrogen and oxygen atoms in total. The molecule has 86 valence electrons. The van der Waals surface area contributed by atoms with Gasteiger partial charge in [0.15, 0.2) is 0 Å². The van der Waals surface area contributed by atoms with Crippen LogP contribution in [0.1, 0.15) is 0 Å². The van der Waals surface area contributed by atoms with Crippen LogP contribution in [0.25, 0.3) is 11.1 Å². The van der Waals surface area contributed by atoms with E-state index >= 15 is 0 Å². The summed E-state index contributed by atoms with van der Waals surface area (Å²) in [5, 5.41) is 3.27. The zero-order valence-corrected chi connectivity index (χ0v) is 9.31. The van der Waals surface area contributed by atoms with E-state index in [0.717, 1.165) is 29.0 Å². The molecule has 0 bridgehead atoms. The Labute approximate surface area is 99.4 Å². The molecule has 1 aromatic heterocycles. The van der Waals surface area contributed by atoms with E-state index in [1.165, 1.54) is 0 Å². The lowest BCUT2D eigenvalue weighted by Crippen LogP contribution is -2.18. The maximum absolute atomic E-state index is 5.67. The standard InChI is InChI=1S/C13H13N3O/c14-11-3-1-9(2-4-11)10-7-12-13(16-8-10)17-6-5-15-12/h1-4,7-8,15H,5-6,14H2. The molecule has 3 N–H and O–H groups in total. The minimum atomic E-state index is 0.668. The van der Waals surface area contributed by atoms with E-state index < -0.39 is 0 Å². The summed E-state index contributed by atoms with van der Waals surface area (Å²) in [6.07, 6.45) is 1.82. The van der Waals surface area contributed by atoms with Crippen LogP contribution >= 0.6 is 0 Å². The fourth-order valence-electron chi connectivity index (χ4n) is 1.86. The van der Waals surface area contributed by atoms with E-state index in [4.69, 9.17) is 10.5 Å². The minimum absolute atomic E-state index is 0.668. The van der Waals surface area contributed by atoms with Crippen LogP contribution in [0.5, 0.6) is 5.88 Å². The maximum atomic E-state index is 5.67. The van der Waals surface area contributed by atoms with Gasteiger partial charge in [-0.25, -0.2) is 4.98 Å². The molecule has 3 rings (SSSR count). The Balaban J connectivity index is 2.01. The van der Waals surface area contributed by atoms with Crippen molar-refractivity contribution in [2.24, 2.45) is 0 Å². The van der Waals surface area contributed by atoms with Crippen molar-refractivity contribution in [1.82, 2.24) is 4.98 Å². The van der Waals surface area contributed by atoms with E-state index in [0.29, 0.717) is 12.5 Å². The number of hydrogen-bond acceptors (Lipinski definition) is 4. The van der Waals surface area contributed by atoms with Crippen molar-refractivity contribution in [3.05, 3.63) is 36.5 Å². The Bertz CT molecular complexity index is 537. The normalized spacial score (nSPS) is 13.4. The lowest BCUT2D eigenvalue weighted by Gasteiger charge is -2.18. The second-order valence-corrected chi connectivity index (χ2v) is 3.97. The third-order valence-electron chi connectivity index (χ3n) is 2.75. The number of benzene rings is 1. The summed E-state index contributed by atoms with van der Waals surface area (Å²) < 4.78 is 5.44. The van der Waals surface area contributed by atoms with E-state index in [-0.39, 0.29) is 0 Å². The lowest BCUT2D eigenvalue weighted by atomic mass is 10.1. The van der Waals surface area contributed by atoms with Crippen molar-refractivity contribution >= 4 is 11.4 Å². The van der Waals surface area contributed by atoms with Gasteiger partial charge in [-0.3, -0.25) is 0 Å². The molecule has 1 aliphatic rings. The molecule has 17 heavy (non-hydrogen) atoms. The van der Waals surface area contributed by atoms with Gasteiger partial charge in [-0.05, 0) is 23.8 Å². The van der Waals surface area contributed by atoms with Gasteiger partial charge in [0, 0.05) is 24.0 Å². The summed E-state index contributed by atoms with van der Waals surface area (Å²) in [5.74, 6) is 0.676. The quantitative estimate of drug-likeness (QED) is 0.733. The number of ether oxygens (including phenoxy) is 1. The molecule has 1 aliphatic heterocycles. The van der Waals surface area contributed by atoms with Gasteiger partial charge in [-0.15, -0.1) is 0 Å². The number of nitrogens with one attached hydrogen (secondary N) is 1. The van der Waals surface area contributed by atoms with Gasteiger partial charge in [-0.2, -0.15) is 0 Å². The number of aromatic nitrogens is 1. The molecule has 2 aromatic rings. The van der Waals surface area contributed by atoms with Gasteiger partial charge in [-0.1, -0.05) is 12.1 Å². The summed E-state index contributed by atoms with van der Waals surface area (Å²) in [6.45, 7) is 1.49. The molecule has 4 heteroatoms. The van der Waals surface area contributed by atoms with Crippen molar-refractivity contribution in [2.75, 3.05) is 24.2 Å². The molecule has 2 heterocycles. The largest absolute Gasteiger partial charge is 0.474 e. The highest BCUT2D eigenvalue weighted by Gasteiger charge is 2.11. The smallest absolute Gasteiger partial charge is 0.237 e. The van der Waals surface area contributed by atoms with Crippen LogP contribution in [-0.2, 0) is 0 Å². The minimum Gasteiger partial charge on any atom is -0.474 e. The van der Waals surface area contributed by atoms with Gasteiger partial charge in [0.05, 0.1) is 5.69 Å². The summed E-state index contributed by atoms with van der Waals surface area (Å²) in [5.41, 5.74) is 9.54. The van der Waals surface area contributed by atoms with Crippen LogP contribution in [0.2, 0.25) is 0 Å². The molecule has 0 saturated carbocycles. The molecular weight excluding hydrogens is 214 g/mol. The number of rotatable bonds is 1. The highest BCUT2D eigenvalue weighted by atomic mass is 16.5. The summed E-state index contributed by atoms with van der Waals surface area (Å²) in [6, 6.07) is 9.80. The number of nitrogens with two attached hydrogens (primary N) is 1. The molecular formula is C13H13N3O. The number of nitrogen functional groups attached to an aromatic ring is 1. The Hall–Kier alpha value is -2.23. The summed E-state index contributed by atoms with van der Waals surface area (Å²) >= 11 is 0. The van der Waals surface area contributed by atoms with Crippen LogP contribution in [0, 0.1) is 0 Å². The summed E-state index contributed by atoms with van der Waals surface area (Å²) in [7, 11) is 0. The SMILES string of the molecule is Nc1ccc(-c2cnc3c(c2)NCCO3)cc1. The monoisotopic (exact) mass is 227 g/mol. The average molecular weight is 227 g/mol. The summed E-state index contributed by atoms with van der Waals surface area (Å²) in [4.78, 5) is 4.30. The molecule has 0 amide bonds. The van der Waals surface area contributed by atoms with Crippen molar-refractivity contribution in [1.29, 1.82) is 0 Å². The number of nitrogens with zero attached hydrogens (tertiary/aromatic N) is 1. The molecule has 0 saturated heterocycles. The van der Waals surface area contributed by atoms with Gasteiger partial charge < -0.3 is 15.8 Å². The first-order valence-corrected chi connectivity index (χ1v) is 5.55. The van der Waals surface area contributed by atoms with E-state index in [1.807, 2.05) is 36.5 Å². The molecule has 0 radical (unpaired) electrons. The van der Waals surface area contributed by atoms with E-state index in [1.54, 1.807) is 0 Å². The fraction of sp³-hybridized carbons (Fsp3) is 0.154. The predicted molar refractivity (Wildman–Crippen MR) is 68.1 cm³/mol. The van der Waals surface area contributed by atoms with Crippen molar-refractivity contribution < 1.29 is 4.74 Å². The van der Waals surface area contributed by atoms with Crippen molar-refractivity contribution in [3.63, 3.8) is 0 Å². The highest BCUT2D eigenvalue weighted by molar-refractivity contribution is 5.70. The third-order valence-corrected chi connectivity index (χ3v) is 2.75. The number of anilines is 2. The number of hydrogen-bond donors (Lipinski definition) is 2. The van der Waals surface area contributed by atoms with Crippen LogP contribution < -0.4 is 15.8 Å². The Morgan fingerprint density at radius 1 is 1.18 bits per heavy atom. The Morgan fingerprint density at radius 2 is 2.00 bits per heavy atom. The Kier molecular flexibility index (Phi) is 2.33. The fourth-order valence-corrected chi connectivity index (χ4v) is 1.86. The second-order valence-electron chi connectivity index (χ2n) is 3.97. The van der Waals surface area contributed by atoms with Gasteiger partial charge in [0.1, 0.15) is 6.61 Å². The first kappa shape index (κ1) is 9.96. The van der Waals surface area contributed by atoms with E-state index in [2.05, 4.69) is 10.3 Å². The van der Waals surface area contributed by atoms with Gasteiger partial charge in [0.25, 0.3) is 0 Å². The maximum Gasteiger partial charge on any atom is 0.237 e. The van der Waals surface area contributed by atoms with Crippen LogP contribution in [-0.4, -0.2) is 18.1 Å². The van der Waals surface area contributed by atoms with Crippen molar-refractivity contribution in [3.8, 4) is 17.0 Å². The molecule has 0 spiro atoms. The highest BCUT2D eigenvalue weighted by Crippen LogP contribution is 2.30. The first-order valence-electron chi connectivity index (χ1n) is 5.55. The van der Waals surface area contributed by atoms with Gasteiger partial charge in [0.2, 0.25) is 5.88 Å². The number of fused-ring (bicyclic) bond motifs is 1. The molecule has 0 atom stereocenters. The predicted octanol–water partition coefficient (Wildman–Crippen LogP) is 2.14. The van der Waals surface area contributed by atoms with Crippen LogP contribution in [0.3, 0.4) is 0 Å². The van der Waals surface area contributed by atoms with Gasteiger partial charge >= 0.3 is 0 Å².